The van der Waals surface area contributed by atoms with E-state index < -0.39 is 0 Å². The molecule has 0 bridgehead atoms. The second-order valence-corrected chi connectivity index (χ2v) is 7.22. The molecule has 1 atom stereocenters. The van der Waals surface area contributed by atoms with Gasteiger partial charge in [-0.15, -0.1) is 11.3 Å². The Morgan fingerprint density at radius 1 is 1.30 bits per heavy atom. The second kappa shape index (κ2) is 7.58. The van der Waals surface area contributed by atoms with Crippen molar-refractivity contribution in [1.82, 2.24) is 10.2 Å². The summed E-state index contributed by atoms with van der Waals surface area (Å²) in [5.41, 5.74) is 0.647. The highest BCUT2D eigenvalue weighted by Gasteiger charge is 2.30. The maximum Gasteiger partial charge on any atom is 0.0386 e. The molecule has 2 nitrogen and oxygen atoms in total. The molecule has 1 aliphatic heterocycles. The maximum atomic E-state index is 3.65. The van der Waals surface area contributed by atoms with E-state index in [4.69, 9.17) is 0 Å². The number of piperidine rings is 1. The summed E-state index contributed by atoms with van der Waals surface area (Å²) in [4.78, 5) is 4.08. The molecule has 1 fully saturated rings. The van der Waals surface area contributed by atoms with Crippen LogP contribution in [0, 0.1) is 5.41 Å². The lowest BCUT2D eigenvalue weighted by Crippen LogP contribution is -2.42. The molecule has 2 heterocycles. The predicted molar refractivity (Wildman–Crippen MR) is 89.4 cm³/mol. The zero-order valence-corrected chi connectivity index (χ0v) is 14.1. The first-order valence-electron chi connectivity index (χ1n) is 8.18. The number of nitrogens with one attached hydrogen (secondary N) is 1. The smallest absolute Gasteiger partial charge is 0.0386 e. The fourth-order valence-corrected chi connectivity index (χ4v) is 4.04. The molecule has 2 rings (SSSR count). The van der Waals surface area contributed by atoms with Crippen molar-refractivity contribution in [2.45, 2.75) is 52.5 Å². The number of hydrogen-bond donors (Lipinski definition) is 1. The Balaban J connectivity index is 1.66. The van der Waals surface area contributed by atoms with Gasteiger partial charge in [0.25, 0.3) is 0 Å². The number of likely N-dealkylation sites (tertiary alicyclic amines) is 1. The third-order valence-electron chi connectivity index (χ3n) is 5.27. The zero-order chi connectivity index (χ0) is 14.4. The van der Waals surface area contributed by atoms with Crippen molar-refractivity contribution in [1.29, 1.82) is 0 Å². The molecule has 1 aromatic rings. The second-order valence-electron chi connectivity index (χ2n) is 6.24. The average molecular weight is 295 g/mol. The summed E-state index contributed by atoms with van der Waals surface area (Å²) < 4.78 is 0. The van der Waals surface area contributed by atoms with Crippen LogP contribution in [0.4, 0.5) is 0 Å². The minimum Gasteiger partial charge on any atom is -0.308 e. The normalized spacial score (nSPS) is 20.9. The molecule has 0 saturated carbocycles. The van der Waals surface area contributed by atoms with Gasteiger partial charge in [-0.1, -0.05) is 32.8 Å². The summed E-state index contributed by atoms with van der Waals surface area (Å²) in [6.45, 7) is 11.9. The monoisotopic (exact) mass is 294 g/mol. The van der Waals surface area contributed by atoms with Crippen LogP contribution in [0.15, 0.2) is 17.5 Å². The zero-order valence-electron chi connectivity index (χ0n) is 13.3. The molecule has 0 amide bonds. The van der Waals surface area contributed by atoms with Gasteiger partial charge in [-0.25, -0.2) is 0 Å². The van der Waals surface area contributed by atoms with Crippen molar-refractivity contribution in [2.24, 2.45) is 5.41 Å². The fraction of sp³-hybridized carbons (Fsp3) is 0.765. The van der Waals surface area contributed by atoms with Gasteiger partial charge in [-0.2, -0.15) is 0 Å². The molecule has 0 spiro atoms. The molecule has 3 heteroatoms. The van der Waals surface area contributed by atoms with Crippen molar-refractivity contribution >= 4 is 11.3 Å². The van der Waals surface area contributed by atoms with Gasteiger partial charge in [-0.05, 0) is 49.7 Å². The number of thiophene rings is 1. The fourth-order valence-electron chi connectivity index (χ4n) is 3.29. The summed E-state index contributed by atoms with van der Waals surface area (Å²) in [6, 6.07) is 4.85. The minimum absolute atomic E-state index is 0.491. The summed E-state index contributed by atoms with van der Waals surface area (Å²) >= 11 is 1.85. The Labute approximate surface area is 128 Å². The van der Waals surface area contributed by atoms with Crippen molar-refractivity contribution < 1.29 is 0 Å². The van der Waals surface area contributed by atoms with Gasteiger partial charge in [0.05, 0.1) is 0 Å². The predicted octanol–water partition coefficient (Wildman–Crippen LogP) is 4.30. The van der Waals surface area contributed by atoms with Crippen LogP contribution in [0.1, 0.15) is 57.4 Å². The van der Waals surface area contributed by atoms with E-state index in [0.717, 1.165) is 6.54 Å². The lowest BCUT2D eigenvalue weighted by atomic mass is 9.74. The number of nitrogens with zero attached hydrogens (tertiary/aromatic N) is 1. The Bertz CT molecular complexity index is 360. The molecule has 0 aliphatic carbocycles. The summed E-state index contributed by atoms with van der Waals surface area (Å²) in [7, 11) is 0. The topological polar surface area (TPSA) is 15.3 Å². The largest absolute Gasteiger partial charge is 0.308 e. The Kier molecular flexibility index (Phi) is 6.06. The van der Waals surface area contributed by atoms with Crippen LogP contribution in [0.25, 0.3) is 0 Å². The molecule has 0 aromatic carbocycles. The van der Waals surface area contributed by atoms with E-state index in [2.05, 4.69) is 48.5 Å². The van der Waals surface area contributed by atoms with Crippen LogP contribution in [-0.2, 0) is 0 Å². The van der Waals surface area contributed by atoms with Crippen LogP contribution in [-0.4, -0.2) is 31.1 Å². The first-order valence-corrected chi connectivity index (χ1v) is 9.06. The lowest BCUT2D eigenvalue weighted by Gasteiger charge is -2.41. The van der Waals surface area contributed by atoms with Gasteiger partial charge < -0.3 is 10.2 Å². The quantitative estimate of drug-likeness (QED) is 0.806. The van der Waals surface area contributed by atoms with Crippen LogP contribution in [0.3, 0.4) is 0 Å². The lowest BCUT2D eigenvalue weighted by molar-refractivity contribution is 0.0956. The van der Waals surface area contributed by atoms with Gasteiger partial charge in [-0.3, -0.25) is 0 Å². The SMILES string of the molecule is CCC1(CC)CCN(CCNC(C)c2cccs2)CC1. The van der Waals surface area contributed by atoms with E-state index in [9.17, 15) is 0 Å². The van der Waals surface area contributed by atoms with Crippen molar-refractivity contribution in [3.05, 3.63) is 22.4 Å². The first-order chi connectivity index (χ1) is 9.69. The highest BCUT2D eigenvalue weighted by molar-refractivity contribution is 7.10. The van der Waals surface area contributed by atoms with Gasteiger partial charge in [0, 0.05) is 24.0 Å². The van der Waals surface area contributed by atoms with E-state index in [-0.39, 0.29) is 0 Å². The van der Waals surface area contributed by atoms with E-state index >= 15 is 0 Å². The van der Waals surface area contributed by atoms with Gasteiger partial charge in [0.1, 0.15) is 0 Å². The van der Waals surface area contributed by atoms with Crippen molar-refractivity contribution in [2.75, 3.05) is 26.2 Å². The van der Waals surface area contributed by atoms with Gasteiger partial charge >= 0.3 is 0 Å². The van der Waals surface area contributed by atoms with Crippen LogP contribution in [0.2, 0.25) is 0 Å². The number of hydrogen-bond acceptors (Lipinski definition) is 3. The van der Waals surface area contributed by atoms with Gasteiger partial charge in [0.15, 0.2) is 0 Å². The molecule has 1 aliphatic rings. The summed E-state index contributed by atoms with van der Waals surface area (Å²) in [6.07, 6.45) is 5.48. The highest BCUT2D eigenvalue weighted by Crippen LogP contribution is 2.37. The van der Waals surface area contributed by atoms with Crippen molar-refractivity contribution in [3.8, 4) is 0 Å². The standard InChI is InChI=1S/C17H30N2S/c1-4-17(5-2)8-11-19(12-9-17)13-10-18-15(3)16-7-6-14-20-16/h6-7,14-15,18H,4-5,8-13H2,1-3H3. The molecule has 114 valence electrons. The third kappa shape index (κ3) is 4.06. The minimum atomic E-state index is 0.491. The molecule has 20 heavy (non-hydrogen) atoms. The van der Waals surface area contributed by atoms with E-state index in [1.54, 1.807) is 0 Å². The van der Waals surface area contributed by atoms with E-state index in [1.807, 2.05) is 11.3 Å². The molecule has 1 aromatic heterocycles. The third-order valence-corrected chi connectivity index (χ3v) is 6.32. The Hall–Kier alpha value is -0.380. The van der Waals surface area contributed by atoms with Gasteiger partial charge in [0.2, 0.25) is 0 Å². The molecule has 1 N–H and O–H groups in total. The molecular weight excluding hydrogens is 264 g/mol. The molecule has 1 saturated heterocycles. The Morgan fingerprint density at radius 2 is 2.00 bits per heavy atom. The Morgan fingerprint density at radius 3 is 2.55 bits per heavy atom. The van der Waals surface area contributed by atoms with Crippen LogP contribution in [0.5, 0.6) is 0 Å². The van der Waals surface area contributed by atoms with E-state index in [0.29, 0.717) is 11.5 Å². The number of rotatable bonds is 7. The molecule has 0 radical (unpaired) electrons. The average Bonchev–Trinajstić information content (AvgIpc) is 3.02. The summed E-state index contributed by atoms with van der Waals surface area (Å²) in [5, 5.41) is 5.81. The molecule has 1 unspecified atom stereocenters. The van der Waals surface area contributed by atoms with Crippen LogP contribution < -0.4 is 5.32 Å². The highest BCUT2D eigenvalue weighted by atomic mass is 32.1. The maximum absolute atomic E-state index is 3.65. The van der Waals surface area contributed by atoms with E-state index in [1.165, 1.54) is 50.2 Å². The summed E-state index contributed by atoms with van der Waals surface area (Å²) in [5.74, 6) is 0. The first kappa shape index (κ1) is 16.0. The molecular formula is C17H30N2S. The van der Waals surface area contributed by atoms with Crippen LogP contribution >= 0.6 is 11.3 Å². The van der Waals surface area contributed by atoms with Crippen molar-refractivity contribution in [3.63, 3.8) is 0 Å².